The van der Waals surface area contributed by atoms with Crippen LogP contribution in [0, 0.1) is 5.92 Å². The van der Waals surface area contributed by atoms with Crippen LogP contribution in [0.15, 0.2) is 10.7 Å². The van der Waals surface area contributed by atoms with E-state index in [1.54, 1.807) is 6.20 Å². The first-order chi connectivity index (χ1) is 8.74. The van der Waals surface area contributed by atoms with Crippen molar-refractivity contribution in [2.24, 2.45) is 5.92 Å². The molecule has 0 amide bonds. The van der Waals surface area contributed by atoms with E-state index < -0.39 is 0 Å². The number of nitrogens with one attached hydrogen (secondary N) is 2. The molecule has 1 aliphatic rings. The monoisotopic (exact) mass is 312 g/mol. The largest absolute Gasteiger partial charge is 0.366 e. The molecule has 0 saturated heterocycles. The molecule has 0 spiro atoms. The molecule has 0 aliphatic heterocycles. The van der Waals surface area contributed by atoms with Gasteiger partial charge in [-0.15, -0.1) is 0 Å². The highest BCUT2D eigenvalue weighted by molar-refractivity contribution is 9.10. The molecular weight excluding hydrogens is 292 g/mol. The van der Waals surface area contributed by atoms with E-state index in [1.165, 1.54) is 32.1 Å². The lowest BCUT2D eigenvalue weighted by Gasteiger charge is -2.32. The Morgan fingerprint density at radius 1 is 1.39 bits per heavy atom. The van der Waals surface area contributed by atoms with Crippen LogP contribution in [-0.2, 0) is 0 Å². The van der Waals surface area contributed by atoms with Crippen molar-refractivity contribution < 1.29 is 0 Å². The molecule has 2 rings (SSSR count). The maximum atomic E-state index is 4.47. The van der Waals surface area contributed by atoms with E-state index in [4.69, 9.17) is 0 Å². The first-order valence-corrected chi connectivity index (χ1v) is 7.50. The lowest BCUT2D eigenvalue weighted by Crippen LogP contribution is -2.32. The van der Waals surface area contributed by atoms with Gasteiger partial charge in [0.25, 0.3) is 0 Å². The van der Waals surface area contributed by atoms with Crippen molar-refractivity contribution in [1.82, 2.24) is 9.97 Å². The van der Waals surface area contributed by atoms with Gasteiger partial charge in [0.1, 0.15) is 5.82 Å². The fraction of sp³-hybridized carbons (Fsp3) is 0.692. The van der Waals surface area contributed by atoms with Gasteiger partial charge in [-0.1, -0.05) is 26.2 Å². The molecule has 18 heavy (non-hydrogen) atoms. The van der Waals surface area contributed by atoms with E-state index in [0.29, 0.717) is 12.0 Å². The molecule has 2 atom stereocenters. The molecular formula is C13H21BrN4. The molecule has 1 saturated carbocycles. The zero-order valence-electron chi connectivity index (χ0n) is 11.0. The summed E-state index contributed by atoms with van der Waals surface area (Å²) in [5.74, 6) is 2.32. The number of halogens is 1. The fourth-order valence-electron chi connectivity index (χ4n) is 2.65. The van der Waals surface area contributed by atoms with Gasteiger partial charge in [0.05, 0.1) is 4.47 Å². The van der Waals surface area contributed by atoms with E-state index in [9.17, 15) is 0 Å². The van der Waals surface area contributed by atoms with Gasteiger partial charge in [-0.05, 0) is 34.7 Å². The third kappa shape index (κ3) is 3.13. The average molecular weight is 313 g/mol. The number of rotatable bonds is 4. The van der Waals surface area contributed by atoms with E-state index in [2.05, 4.69) is 43.5 Å². The van der Waals surface area contributed by atoms with Gasteiger partial charge in [0, 0.05) is 19.3 Å². The molecule has 1 aromatic rings. The van der Waals surface area contributed by atoms with E-state index in [1.807, 2.05) is 7.05 Å². The predicted octanol–water partition coefficient (Wildman–Crippen LogP) is 3.66. The SMILES string of the molecule is CCC1CCCCC1Nc1nc(NC)ncc1Br. The Morgan fingerprint density at radius 3 is 2.89 bits per heavy atom. The van der Waals surface area contributed by atoms with Gasteiger partial charge >= 0.3 is 0 Å². The zero-order valence-corrected chi connectivity index (χ0v) is 12.6. The highest BCUT2D eigenvalue weighted by Gasteiger charge is 2.24. The lowest BCUT2D eigenvalue weighted by molar-refractivity contribution is 0.316. The van der Waals surface area contributed by atoms with Crippen LogP contribution in [0.2, 0.25) is 0 Å². The van der Waals surface area contributed by atoms with Crippen LogP contribution in [0.4, 0.5) is 11.8 Å². The number of aromatic nitrogens is 2. The minimum atomic E-state index is 0.541. The summed E-state index contributed by atoms with van der Waals surface area (Å²) in [5, 5.41) is 6.56. The first kappa shape index (κ1) is 13.6. The Bertz CT molecular complexity index is 397. The summed E-state index contributed by atoms with van der Waals surface area (Å²) >= 11 is 3.51. The third-order valence-corrected chi connectivity index (χ3v) is 4.30. The number of anilines is 2. The van der Waals surface area contributed by atoms with Gasteiger partial charge in [-0.2, -0.15) is 4.98 Å². The molecule has 2 unspecified atom stereocenters. The molecule has 100 valence electrons. The zero-order chi connectivity index (χ0) is 13.0. The van der Waals surface area contributed by atoms with Crippen molar-refractivity contribution in [3.05, 3.63) is 10.7 Å². The van der Waals surface area contributed by atoms with Gasteiger partial charge in [-0.25, -0.2) is 4.98 Å². The third-order valence-electron chi connectivity index (χ3n) is 3.72. The molecule has 1 aliphatic carbocycles. The van der Waals surface area contributed by atoms with Gasteiger partial charge in [0.2, 0.25) is 5.95 Å². The van der Waals surface area contributed by atoms with Crippen molar-refractivity contribution in [3.8, 4) is 0 Å². The van der Waals surface area contributed by atoms with Crippen LogP contribution >= 0.6 is 15.9 Å². The van der Waals surface area contributed by atoms with Crippen LogP contribution in [0.25, 0.3) is 0 Å². The molecule has 5 heteroatoms. The average Bonchev–Trinajstić information content (AvgIpc) is 2.42. The highest BCUT2D eigenvalue weighted by Crippen LogP contribution is 2.31. The van der Waals surface area contributed by atoms with Crippen LogP contribution in [0.5, 0.6) is 0 Å². The summed E-state index contributed by atoms with van der Waals surface area (Å²) in [6.45, 7) is 2.28. The van der Waals surface area contributed by atoms with Crippen molar-refractivity contribution in [3.63, 3.8) is 0 Å². The van der Waals surface area contributed by atoms with Gasteiger partial charge < -0.3 is 10.6 Å². The molecule has 0 radical (unpaired) electrons. The number of hydrogen-bond acceptors (Lipinski definition) is 4. The lowest BCUT2D eigenvalue weighted by atomic mass is 9.83. The number of nitrogens with zero attached hydrogens (tertiary/aromatic N) is 2. The normalized spacial score (nSPS) is 23.7. The van der Waals surface area contributed by atoms with Crippen molar-refractivity contribution in [1.29, 1.82) is 0 Å². The minimum absolute atomic E-state index is 0.541. The molecule has 4 nitrogen and oxygen atoms in total. The van der Waals surface area contributed by atoms with Crippen LogP contribution in [0.1, 0.15) is 39.0 Å². The number of hydrogen-bond donors (Lipinski definition) is 2. The molecule has 0 aromatic carbocycles. The second kappa shape index (κ2) is 6.36. The van der Waals surface area contributed by atoms with E-state index in [0.717, 1.165) is 16.2 Å². The second-order valence-corrected chi connectivity index (χ2v) is 5.70. The first-order valence-electron chi connectivity index (χ1n) is 6.71. The van der Waals surface area contributed by atoms with Gasteiger partial charge in [0.15, 0.2) is 0 Å². The molecule has 1 heterocycles. The smallest absolute Gasteiger partial charge is 0.224 e. The predicted molar refractivity (Wildman–Crippen MR) is 78.9 cm³/mol. The summed E-state index contributed by atoms with van der Waals surface area (Å²) < 4.78 is 0.932. The van der Waals surface area contributed by atoms with Crippen molar-refractivity contribution in [2.75, 3.05) is 17.7 Å². The molecule has 1 aromatic heterocycles. The summed E-state index contributed by atoms with van der Waals surface area (Å²) in [5.41, 5.74) is 0. The Hall–Kier alpha value is -0.840. The molecule has 0 bridgehead atoms. The van der Waals surface area contributed by atoms with E-state index in [-0.39, 0.29) is 0 Å². The topological polar surface area (TPSA) is 49.8 Å². The van der Waals surface area contributed by atoms with Crippen LogP contribution in [-0.4, -0.2) is 23.1 Å². The Balaban J connectivity index is 2.11. The minimum Gasteiger partial charge on any atom is -0.366 e. The summed E-state index contributed by atoms with van der Waals surface area (Å²) in [6.07, 6.45) is 8.28. The Labute approximate surface area is 117 Å². The molecule has 2 N–H and O–H groups in total. The maximum absolute atomic E-state index is 4.47. The van der Waals surface area contributed by atoms with Crippen molar-refractivity contribution >= 4 is 27.7 Å². The maximum Gasteiger partial charge on any atom is 0.224 e. The Kier molecular flexibility index (Phi) is 4.80. The van der Waals surface area contributed by atoms with E-state index >= 15 is 0 Å². The summed E-state index contributed by atoms with van der Waals surface area (Å²) in [6, 6.07) is 0.541. The quantitative estimate of drug-likeness (QED) is 0.890. The van der Waals surface area contributed by atoms with Crippen LogP contribution < -0.4 is 10.6 Å². The second-order valence-electron chi connectivity index (χ2n) is 4.84. The van der Waals surface area contributed by atoms with Crippen LogP contribution in [0.3, 0.4) is 0 Å². The summed E-state index contributed by atoms with van der Waals surface area (Å²) in [4.78, 5) is 8.65. The Morgan fingerprint density at radius 2 is 2.17 bits per heavy atom. The fourth-order valence-corrected chi connectivity index (χ4v) is 2.96. The van der Waals surface area contributed by atoms with Crippen molar-refractivity contribution in [2.45, 2.75) is 45.1 Å². The standard InChI is InChI=1S/C13H21BrN4/c1-3-9-6-4-5-7-11(9)17-12-10(14)8-16-13(15-2)18-12/h8-9,11H,3-7H2,1-2H3,(H2,15,16,17,18). The summed E-state index contributed by atoms with van der Waals surface area (Å²) in [7, 11) is 1.84. The molecule has 1 fully saturated rings. The van der Waals surface area contributed by atoms with Gasteiger partial charge in [-0.3, -0.25) is 0 Å². The highest BCUT2D eigenvalue weighted by atomic mass is 79.9.